The van der Waals surface area contributed by atoms with Gasteiger partial charge in [-0.2, -0.15) is 0 Å². The number of ether oxygens (including phenoxy) is 1. The monoisotopic (exact) mass is 304 g/mol. The molecule has 0 saturated heterocycles. The molecule has 1 aliphatic heterocycles. The van der Waals surface area contributed by atoms with Crippen molar-refractivity contribution in [2.45, 2.75) is 31.5 Å². The van der Waals surface area contributed by atoms with Gasteiger partial charge in [0, 0.05) is 0 Å². The number of halogens is 1. The number of rotatable bonds is 2. The number of hydrogen-bond donors (Lipinski definition) is 0. The van der Waals surface area contributed by atoms with Crippen molar-refractivity contribution in [1.82, 2.24) is 0 Å². The summed E-state index contributed by atoms with van der Waals surface area (Å²) < 4.78 is 7.32. The molecule has 0 amide bonds. The molecule has 2 rings (SSSR count). The SMILES string of the molecule is Cc1ccc(C(C)C)c2c1OCC(CCl)[Se]2. The van der Waals surface area contributed by atoms with E-state index in [1.165, 1.54) is 15.6 Å². The second kappa shape index (κ2) is 4.99. The molecule has 1 aromatic rings. The van der Waals surface area contributed by atoms with E-state index < -0.39 is 0 Å². The third-order valence-corrected chi connectivity index (χ3v) is 6.33. The Kier molecular flexibility index (Phi) is 3.84. The van der Waals surface area contributed by atoms with Gasteiger partial charge in [-0.3, -0.25) is 0 Å². The van der Waals surface area contributed by atoms with Crippen molar-refractivity contribution in [3.63, 3.8) is 0 Å². The molecule has 1 aliphatic rings. The van der Waals surface area contributed by atoms with Crippen LogP contribution >= 0.6 is 11.6 Å². The Balaban J connectivity index is 2.45. The zero-order valence-electron chi connectivity index (χ0n) is 9.92. The Hall–Kier alpha value is -0.171. The van der Waals surface area contributed by atoms with E-state index >= 15 is 0 Å². The number of alkyl halides is 1. The molecule has 1 atom stereocenters. The maximum atomic E-state index is 5.95. The number of aryl methyl sites for hydroxylation is 1. The molecule has 0 saturated carbocycles. The molecule has 0 spiro atoms. The van der Waals surface area contributed by atoms with Crippen molar-refractivity contribution < 1.29 is 4.74 Å². The molecule has 0 radical (unpaired) electrons. The Morgan fingerprint density at radius 3 is 2.88 bits per heavy atom. The first kappa shape index (κ1) is 12.3. The van der Waals surface area contributed by atoms with Crippen LogP contribution in [0.3, 0.4) is 0 Å². The number of hydrogen-bond acceptors (Lipinski definition) is 1. The summed E-state index contributed by atoms with van der Waals surface area (Å²) in [5.74, 6) is 2.41. The molecule has 1 aromatic carbocycles. The second-order valence-electron chi connectivity index (χ2n) is 4.49. The van der Waals surface area contributed by atoms with Gasteiger partial charge in [-0.05, 0) is 0 Å². The van der Waals surface area contributed by atoms with E-state index in [1.807, 2.05) is 0 Å². The summed E-state index contributed by atoms with van der Waals surface area (Å²) in [5, 5.41) is 0. The van der Waals surface area contributed by atoms with Crippen molar-refractivity contribution in [2.24, 2.45) is 0 Å². The molecule has 0 aromatic heterocycles. The van der Waals surface area contributed by atoms with Crippen molar-refractivity contribution in [3.8, 4) is 5.75 Å². The minimum atomic E-state index is 0.459. The standard InChI is InChI=1S/C13H17ClOSe/c1-8(2)11-5-4-9(3)12-13(11)16-10(6-14)7-15-12/h4-5,8,10H,6-7H2,1-3H3. The van der Waals surface area contributed by atoms with Crippen LogP contribution in [0.1, 0.15) is 30.9 Å². The minimum absolute atomic E-state index is 0.459. The Morgan fingerprint density at radius 1 is 1.50 bits per heavy atom. The molecule has 0 fully saturated rings. The molecule has 16 heavy (non-hydrogen) atoms. The van der Waals surface area contributed by atoms with Crippen LogP contribution in [-0.4, -0.2) is 27.4 Å². The third kappa shape index (κ3) is 2.25. The van der Waals surface area contributed by atoms with Crippen molar-refractivity contribution in [3.05, 3.63) is 23.3 Å². The van der Waals surface area contributed by atoms with Crippen molar-refractivity contribution >= 4 is 31.0 Å². The molecule has 1 unspecified atom stereocenters. The maximum absolute atomic E-state index is 5.95. The van der Waals surface area contributed by atoms with Crippen LogP contribution in [0.25, 0.3) is 0 Å². The van der Waals surface area contributed by atoms with Crippen LogP contribution in [-0.2, 0) is 0 Å². The fourth-order valence-electron chi connectivity index (χ4n) is 1.88. The predicted molar refractivity (Wildman–Crippen MR) is 70.6 cm³/mol. The zero-order chi connectivity index (χ0) is 11.7. The predicted octanol–water partition coefficient (Wildman–Crippen LogP) is 2.87. The molecular formula is C13H17ClOSe. The van der Waals surface area contributed by atoms with E-state index in [2.05, 4.69) is 32.9 Å². The van der Waals surface area contributed by atoms with E-state index in [0.29, 0.717) is 31.6 Å². The number of benzene rings is 1. The van der Waals surface area contributed by atoms with Gasteiger partial charge in [-0.1, -0.05) is 0 Å². The summed E-state index contributed by atoms with van der Waals surface area (Å²) in [5.41, 5.74) is 2.70. The van der Waals surface area contributed by atoms with Crippen LogP contribution < -0.4 is 9.20 Å². The first-order valence-corrected chi connectivity index (χ1v) is 8.00. The summed E-state index contributed by atoms with van der Waals surface area (Å²) in [6, 6.07) is 4.42. The Morgan fingerprint density at radius 2 is 2.25 bits per heavy atom. The first-order valence-electron chi connectivity index (χ1n) is 5.62. The molecule has 1 nitrogen and oxygen atoms in total. The van der Waals surface area contributed by atoms with Crippen molar-refractivity contribution in [1.29, 1.82) is 0 Å². The molecular weight excluding hydrogens is 287 g/mol. The topological polar surface area (TPSA) is 9.23 Å². The first-order chi connectivity index (χ1) is 7.63. The fourth-order valence-corrected chi connectivity index (χ4v) is 5.03. The van der Waals surface area contributed by atoms with Crippen LogP contribution in [0.2, 0.25) is 4.82 Å². The average Bonchev–Trinajstić information content (AvgIpc) is 2.28. The zero-order valence-corrected chi connectivity index (χ0v) is 12.4. The summed E-state index contributed by atoms with van der Waals surface area (Å²) in [4.78, 5) is 0.529. The van der Waals surface area contributed by atoms with Gasteiger partial charge in [0.1, 0.15) is 0 Å². The van der Waals surface area contributed by atoms with Gasteiger partial charge in [0.25, 0.3) is 0 Å². The van der Waals surface area contributed by atoms with Gasteiger partial charge in [-0.25, -0.2) is 0 Å². The van der Waals surface area contributed by atoms with E-state index in [9.17, 15) is 0 Å². The Bertz CT molecular complexity index is 390. The van der Waals surface area contributed by atoms with Gasteiger partial charge in [-0.15, -0.1) is 0 Å². The van der Waals surface area contributed by atoms with E-state index in [0.717, 1.165) is 12.4 Å². The second-order valence-corrected chi connectivity index (χ2v) is 7.55. The van der Waals surface area contributed by atoms with Crippen LogP contribution in [0.15, 0.2) is 12.1 Å². The summed E-state index contributed by atoms with van der Waals surface area (Å²) in [6.07, 6.45) is 0. The average molecular weight is 304 g/mol. The molecule has 88 valence electrons. The molecule has 3 heteroatoms. The number of fused-ring (bicyclic) bond motifs is 1. The van der Waals surface area contributed by atoms with E-state index in [4.69, 9.17) is 16.3 Å². The van der Waals surface area contributed by atoms with Crippen LogP contribution in [0, 0.1) is 6.92 Å². The fraction of sp³-hybridized carbons (Fsp3) is 0.538. The van der Waals surface area contributed by atoms with Crippen molar-refractivity contribution in [2.75, 3.05) is 12.5 Å². The van der Waals surface area contributed by atoms with Gasteiger partial charge in [0.15, 0.2) is 0 Å². The van der Waals surface area contributed by atoms with Gasteiger partial charge in [0.2, 0.25) is 0 Å². The molecule has 0 N–H and O–H groups in total. The van der Waals surface area contributed by atoms with Gasteiger partial charge < -0.3 is 0 Å². The van der Waals surface area contributed by atoms with Gasteiger partial charge in [0.05, 0.1) is 0 Å². The van der Waals surface area contributed by atoms with Crippen LogP contribution in [0.5, 0.6) is 5.75 Å². The normalized spacial score (nSPS) is 19.4. The third-order valence-electron chi connectivity index (χ3n) is 2.83. The van der Waals surface area contributed by atoms with E-state index in [1.54, 1.807) is 0 Å². The molecule has 0 aliphatic carbocycles. The Labute approximate surface area is 109 Å². The summed E-state index contributed by atoms with van der Waals surface area (Å²) in [6.45, 7) is 7.40. The quantitative estimate of drug-likeness (QED) is 0.603. The summed E-state index contributed by atoms with van der Waals surface area (Å²) in [7, 11) is 0. The van der Waals surface area contributed by atoms with Crippen LogP contribution in [0.4, 0.5) is 0 Å². The van der Waals surface area contributed by atoms with E-state index in [-0.39, 0.29) is 0 Å². The molecule has 1 heterocycles. The molecule has 0 bridgehead atoms. The van der Waals surface area contributed by atoms with Gasteiger partial charge >= 0.3 is 109 Å². The summed E-state index contributed by atoms with van der Waals surface area (Å²) >= 11 is 6.41.